The smallest absolute Gasteiger partial charge is 0.271 e. The Morgan fingerprint density at radius 2 is 1.83 bits per heavy atom. The predicted molar refractivity (Wildman–Crippen MR) is 115 cm³/mol. The number of benzene rings is 2. The molecule has 0 aliphatic carbocycles. The second kappa shape index (κ2) is 9.57. The predicted octanol–water partition coefficient (Wildman–Crippen LogP) is 3.49. The molecule has 0 aromatic heterocycles. The molecule has 2 rings (SSSR count). The summed E-state index contributed by atoms with van der Waals surface area (Å²) in [4.78, 5) is 23.5. The van der Waals surface area contributed by atoms with Crippen molar-refractivity contribution in [3.8, 4) is 5.75 Å². The van der Waals surface area contributed by atoms with Crippen molar-refractivity contribution in [2.24, 2.45) is 0 Å². The first kappa shape index (κ1) is 23.1. The number of amides is 1. The zero-order valence-corrected chi connectivity index (χ0v) is 18.1. The average molecular weight is 436 g/mol. The van der Waals surface area contributed by atoms with Crippen molar-refractivity contribution in [2.45, 2.75) is 33.2 Å². The van der Waals surface area contributed by atoms with Gasteiger partial charge < -0.3 is 10.1 Å². The van der Waals surface area contributed by atoms with Crippen molar-refractivity contribution in [3.63, 3.8) is 0 Å². The Bertz CT molecular complexity index is 1020. The molecule has 0 bridgehead atoms. The van der Waals surface area contributed by atoms with Gasteiger partial charge in [-0.3, -0.25) is 19.2 Å². The van der Waals surface area contributed by atoms with Crippen LogP contribution < -0.4 is 14.4 Å². The van der Waals surface area contributed by atoms with Crippen LogP contribution in [-0.4, -0.2) is 38.2 Å². The van der Waals surface area contributed by atoms with Gasteiger partial charge in [-0.1, -0.05) is 13.0 Å². The molecular formula is C20H25N3O6S. The lowest BCUT2D eigenvalue weighted by atomic mass is 10.1. The number of hydrogen-bond acceptors (Lipinski definition) is 6. The fourth-order valence-corrected chi connectivity index (χ4v) is 4.27. The maximum atomic E-state index is 13.0. The highest BCUT2D eigenvalue weighted by atomic mass is 32.2. The van der Waals surface area contributed by atoms with E-state index in [-0.39, 0.29) is 17.8 Å². The van der Waals surface area contributed by atoms with Crippen LogP contribution in [-0.2, 0) is 14.8 Å². The summed E-state index contributed by atoms with van der Waals surface area (Å²) in [6.07, 6.45) is 1.14. The normalized spacial score (nSPS) is 12.1. The summed E-state index contributed by atoms with van der Waals surface area (Å²) in [6.45, 7) is 5.67. The topological polar surface area (TPSA) is 119 Å². The summed E-state index contributed by atoms with van der Waals surface area (Å²) in [6, 6.07) is 9.52. The van der Waals surface area contributed by atoms with E-state index in [1.807, 2.05) is 6.92 Å². The van der Waals surface area contributed by atoms with Gasteiger partial charge >= 0.3 is 0 Å². The average Bonchev–Trinajstić information content (AvgIpc) is 2.67. The van der Waals surface area contributed by atoms with Crippen LogP contribution in [0.15, 0.2) is 42.5 Å². The minimum atomic E-state index is -3.92. The fraction of sp³-hybridized carbons (Fsp3) is 0.350. The molecule has 2 aromatic rings. The van der Waals surface area contributed by atoms with Gasteiger partial charge in [0, 0.05) is 17.8 Å². The fourth-order valence-electron chi connectivity index (χ4n) is 3.01. The van der Waals surface area contributed by atoms with Crippen molar-refractivity contribution < 1.29 is 22.9 Å². The van der Waals surface area contributed by atoms with Gasteiger partial charge in [0.25, 0.3) is 5.69 Å². The molecular weight excluding hydrogens is 410 g/mol. The molecule has 2 aromatic carbocycles. The first-order valence-corrected chi connectivity index (χ1v) is 11.2. The summed E-state index contributed by atoms with van der Waals surface area (Å²) in [5, 5.41) is 13.9. The van der Waals surface area contributed by atoms with E-state index in [1.54, 1.807) is 38.1 Å². The SMILES string of the molecule is CCOc1ccc(NC(=O)[C@H](CC)N(c2cc([N+](=O)[O-])ccc2C)S(C)(=O)=O)cc1. The number of hydrogen-bond donors (Lipinski definition) is 1. The van der Waals surface area contributed by atoms with Crippen LogP contribution in [0.5, 0.6) is 5.75 Å². The summed E-state index contributed by atoms with van der Waals surface area (Å²) >= 11 is 0. The molecule has 0 aliphatic heterocycles. The van der Waals surface area contributed by atoms with Gasteiger partial charge in [-0.25, -0.2) is 8.42 Å². The molecule has 10 heteroatoms. The second-order valence-corrected chi connectivity index (χ2v) is 8.52. The standard InChI is InChI=1S/C20H25N3O6S/c1-5-18(20(24)21-15-8-11-17(12-9-15)29-6-2)22(30(4,27)28)19-13-16(23(25)26)10-7-14(19)3/h7-13,18H,5-6H2,1-4H3,(H,21,24)/t18-/m0/s1. The highest BCUT2D eigenvalue weighted by Crippen LogP contribution is 2.30. The molecule has 0 fully saturated rings. The number of carbonyl (C=O) groups excluding carboxylic acids is 1. The lowest BCUT2D eigenvalue weighted by Gasteiger charge is -2.31. The Balaban J connectivity index is 2.41. The minimum Gasteiger partial charge on any atom is -0.494 e. The van der Waals surface area contributed by atoms with Gasteiger partial charge in [-0.15, -0.1) is 0 Å². The molecule has 0 unspecified atom stereocenters. The lowest BCUT2D eigenvalue weighted by Crippen LogP contribution is -2.47. The van der Waals surface area contributed by atoms with E-state index in [2.05, 4.69) is 5.32 Å². The Hall–Kier alpha value is -3.14. The number of nitrogens with zero attached hydrogens (tertiary/aromatic N) is 2. The number of sulfonamides is 1. The highest BCUT2D eigenvalue weighted by Gasteiger charge is 2.33. The number of aryl methyl sites for hydroxylation is 1. The van der Waals surface area contributed by atoms with E-state index in [1.165, 1.54) is 18.2 Å². The van der Waals surface area contributed by atoms with E-state index in [0.717, 1.165) is 10.6 Å². The molecule has 30 heavy (non-hydrogen) atoms. The third-order valence-electron chi connectivity index (χ3n) is 4.40. The first-order valence-electron chi connectivity index (χ1n) is 9.36. The van der Waals surface area contributed by atoms with Crippen molar-refractivity contribution in [3.05, 3.63) is 58.1 Å². The number of carbonyl (C=O) groups is 1. The largest absolute Gasteiger partial charge is 0.494 e. The first-order chi connectivity index (χ1) is 14.1. The number of non-ortho nitro benzene ring substituents is 1. The highest BCUT2D eigenvalue weighted by molar-refractivity contribution is 7.92. The van der Waals surface area contributed by atoms with Crippen molar-refractivity contribution in [1.82, 2.24) is 0 Å². The molecule has 0 radical (unpaired) electrons. The van der Waals surface area contributed by atoms with E-state index < -0.39 is 26.9 Å². The van der Waals surface area contributed by atoms with Crippen molar-refractivity contribution >= 4 is 33.0 Å². The number of anilines is 2. The number of nitro groups is 1. The van der Waals surface area contributed by atoms with Crippen LogP contribution in [0.4, 0.5) is 17.1 Å². The van der Waals surface area contributed by atoms with Crippen LogP contribution >= 0.6 is 0 Å². The monoisotopic (exact) mass is 435 g/mol. The summed E-state index contributed by atoms with van der Waals surface area (Å²) < 4.78 is 31.5. The van der Waals surface area contributed by atoms with Gasteiger partial charge in [0.2, 0.25) is 15.9 Å². The molecule has 0 saturated carbocycles. The third kappa shape index (κ3) is 5.47. The maximum absolute atomic E-state index is 13.0. The Labute approximate surface area is 175 Å². The van der Waals surface area contributed by atoms with Crippen LogP contribution in [0.2, 0.25) is 0 Å². The lowest BCUT2D eigenvalue weighted by molar-refractivity contribution is -0.384. The second-order valence-electron chi connectivity index (χ2n) is 6.66. The molecule has 162 valence electrons. The number of nitrogens with one attached hydrogen (secondary N) is 1. The Morgan fingerprint density at radius 3 is 2.33 bits per heavy atom. The van der Waals surface area contributed by atoms with Crippen LogP contribution in [0.3, 0.4) is 0 Å². The molecule has 1 N–H and O–H groups in total. The van der Waals surface area contributed by atoms with E-state index >= 15 is 0 Å². The molecule has 0 spiro atoms. The minimum absolute atomic E-state index is 0.0976. The van der Waals surface area contributed by atoms with Crippen LogP contribution in [0, 0.1) is 17.0 Å². The molecule has 0 aliphatic rings. The zero-order chi connectivity index (χ0) is 22.5. The third-order valence-corrected chi connectivity index (χ3v) is 5.57. The van der Waals surface area contributed by atoms with Gasteiger partial charge in [-0.2, -0.15) is 0 Å². The molecule has 0 saturated heterocycles. The summed E-state index contributed by atoms with van der Waals surface area (Å²) in [5.41, 5.74) is 0.816. The Kier molecular flexibility index (Phi) is 7.38. The molecule has 9 nitrogen and oxygen atoms in total. The van der Waals surface area contributed by atoms with Crippen LogP contribution in [0.25, 0.3) is 0 Å². The van der Waals surface area contributed by atoms with Crippen LogP contribution in [0.1, 0.15) is 25.8 Å². The van der Waals surface area contributed by atoms with Gasteiger partial charge in [0.05, 0.1) is 23.5 Å². The van der Waals surface area contributed by atoms with Gasteiger partial charge in [0.1, 0.15) is 11.8 Å². The van der Waals surface area contributed by atoms with E-state index in [0.29, 0.717) is 23.6 Å². The van der Waals surface area contributed by atoms with Gasteiger partial charge in [-0.05, 0) is 50.1 Å². The number of rotatable bonds is 9. The quantitative estimate of drug-likeness (QED) is 0.476. The van der Waals surface area contributed by atoms with Crippen molar-refractivity contribution in [2.75, 3.05) is 22.5 Å². The number of ether oxygens (including phenoxy) is 1. The van der Waals surface area contributed by atoms with E-state index in [9.17, 15) is 23.3 Å². The maximum Gasteiger partial charge on any atom is 0.271 e. The zero-order valence-electron chi connectivity index (χ0n) is 17.3. The van der Waals surface area contributed by atoms with Gasteiger partial charge in [0.15, 0.2) is 0 Å². The number of nitro benzene ring substituents is 1. The molecule has 1 atom stereocenters. The molecule has 1 amide bonds. The summed E-state index contributed by atoms with van der Waals surface area (Å²) in [5.74, 6) is 0.102. The Morgan fingerprint density at radius 1 is 1.20 bits per heavy atom. The summed E-state index contributed by atoms with van der Waals surface area (Å²) in [7, 11) is -3.92. The molecule has 0 heterocycles. The van der Waals surface area contributed by atoms with E-state index in [4.69, 9.17) is 4.74 Å². The van der Waals surface area contributed by atoms with Crippen molar-refractivity contribution in [1.29, 1.82) is 0 Å².